The van der Waals surface area contributed by atoms with Crippen LogP contribution >= 0.6 is 27.7 Å². The molecule has 148 valence electrons. The summed E-state index contributed by atoms with van der Waals surface area (Å²) in [6.45, 7) is 0. The molecule has 4 aromatic rings. The first-order valence-electron chi connectivity index (χ1n) is 9.34. The van der Waals surface area contributed by atoms with E-state index < -0.39 is 0 Å². The Morgan fingerprint density at radius 2 is 1.80 bits per heavy atom. The molecule has 30 heavy (non-hydrogen) atoms. The number of carbonyl (C=O) groups excluding carboxylic acids is 1. The van der Waals surface area contributed by atoms with Gasteiger partial charge in [0.1, 0.15) is 0 Å². The monoisotopic (exact) mass is 475 g/mol. The van der Waals surface area contributed by atoms with E-state index in [4.69, 9.17) is 0 Å². The van der Waals surface area contributed by atoms with Crippen LogP contribution in [-0.2, 0) is 5.75 Å². The second-order valence-electron chi connectivity index (χ2n) is 6.54. The first-order valence-corrected chi connectivity index (χ1v) is 11.1. The molecule has 0 aliphatic rings. The molecule has 0 radical (unpaired) electrons. The fourth-order valence-corrected chi connectivity index (χ4v) is 4.29. The molecule has 0 saturated heterocycles. The molecule has 0 atom stereocenters. The maximum atomic E-state index is 12.3. The first-order chi connectivity index (χ1) is 14.7. The van der Waals surface area contributed by atoms with E-state index in [-0.39, 0.29) is 5.91 Å². The van der Waals surface area contributed by atoms with Crippen LogP contribution in [0.25, 0.3) is 10.9 Å². The zero-order valence-electron chi connectivity index (χ0n) is 16.0. The normalized spacial score (nSPS) is 11.1. The van der Waals surface area contributed by atoms with Crippen molar-refractivity contribution in [2.45, 2.75) is 10.6 Å². The van der Waals surface area contributed by atoms with Crippen molar-refractivity contribution in [2.75, 3.05) is 0 Å². The molecule has 0 aliphatic heterocycles. The van der Waals surface area contributed by atoms with E-state index in [1.54, 1.807) is 18.0 Å². The first kappa shape index (κ1) is 20.3. The number of pyridine rings is 1. The minimum absolute atomic E-state index is 0.240. The lowest BCUT2D eigenvalue weighted by molar-refractivity contribution is 0.0955. The molecule has 0 unspecified atom stereocenters. The molecule has 6 heteroatoms. The van der Waals surface area contributed by atoms with Crippen LogP contribution in [0.15, 0.2) is 99.5 Å². The maximum absolute atomic E-state index is 12.3. The lowest BCUT2D eigenvalue weighted by Crippen LogP contribution is -2.17. The standard InChI is InChI=1S/C24H18BrN3OS/c25-21-8-2-1-5-20(21)15-27-28-24(29)19-12-10-17(11-13-19)16-30-22-9-3-6-18-7-4-14-26-23(18)22/h1-15H,16H2,(H,28,29)/b27-15+. The number of aromatic nitrogens is 1. The number of amides is 1. The zero-order chi connectivity index (χ0) is 20.8. The smallest absolute Gasteiger partial charge is 0.267 e. The van der Waals surface area contributed by atoms with E-state index in [1.165, 1.54) is 0 Å². The summed E-state index contributed by atoms with van der Waals surface area (Å²) in [4.78, 5) is 18.0. The van der Waals surface area contributed by atoms with Crippen LogP contribution in [0.5, 0.6) is 0 Å². The summed E-state index contributed by atoms with van der Waals surface area (Å²) >= 11 is 5.19. The van der Waals surface area contributed by atoms with E-state index in [0.29, 0.717) is 5.56 Å². The van der Waals surface area contributed by atoms with Gasteiger partial charge >= 0.3 is 0 Å². The van der Waals surface area contributed by atoms with Gasteiger partial charge < -0.3 is 0 Å². The SMILES string of the molecule is O=C(N/N=C/c1ccccc1Br)c1ccc(CSc2cccc3cccnc23)cc1. The van der Waals surface area contributed by atoms with Crippen molar-refractivity contribution in [3.05, 3.63) is 106 Å². The van der Waals surface area contributed by atoms with Crippen LogP contribution in [0.3, 0.4) is 0 Å². The molecule has 0 fully saturated rings. The molecule has 4 nitrogen and oxygen atoms in total. The van der Waals surface area contributed by atoms with Crippen molar-refractivity contribution in [2.24, 2.45) is 5.10 Å². The van der Waals surface area contributed by atoms with Crippen molar-refractivity contribution >= 4 is 50.7 Å². The molecule has 0 saturated carbocycles. The van der Waals surface area contributed by atoms with Crippen LogP contribution < -0.4 is 5.43 Å². The third kappa shape index (κ3) is 4.96. The van der Waals surface area contributed by atoms with Gasteiger partial charge in [-0.1, -0.05) is 64.5 Å². The highest BCUT2D eigenvalue weighted by atomic mass is 79.9. The van der Waals surface area contributed by atoms with Gasteiger partial charge in [0.2, 0.25) is 0 Å². The number of hydrogen-bond acceptors (Lipinski definition) is 4. The quantitative estimate of drug-likeness (QED) is 0.209. The summed E-state index contributed by atoms with van der Waals surface area (Å²) in [5, 5.41) is 5.18. The fraction of sp³-hybridized carbons (Fsp3) is 0.0417. The Hall–Kier alpha value is -2.96. The Labute approximate surface area is 187 Å². The topological polar surface area (TPSA) is 54.4 Å². The summed E-state index contributed by atoms with van der Waals surface area (Å²) in [5.74, 6) is 0.563. The highest BCUT2D eigenvalue weighted by molar-refractivity contribution is 9.10. The molecular formula is C24H18BrN3OS. The average molecular weight is 476 g/mol. The number of para-hydroxylation sites is 1. The van der Waals surface area contributed by atoms with Crippen molar-refractivity contribution in [1.29, 1.82) is 0 Å². The fourth-order valence-electron chi connectivity index (χ4n) is 2.91. The van der Waals surface area contributed by atoms with Gasteiger partial charge in [0.05, 0.1) is 11.7 Å². The minimum Gasteiger partial charge on any atom is -0.267 e. The molecular weight excluding hydrogens is 458 g/mol. The summed E-state index contributed by atoms with van der Waals surface area (Å²) < 4.78 is 0.922. The van der Waals surface area contributed by atoms with Crippen LogP contribution in [0, 0.1) is 0 Å². The third-order valence-electron chi connectivity index (χ3n) is 4.48. The van der Waals surface area contributed by atoms with Gasteiger partial charge in [0.25, 0.3) is 5.91 Å². The van der Waals surface area contributed by atoms with Crippen LogP contribution in [-0.4, -0.2) is 17.1 Å². The Kier molecular flexibility index (Phi) is 6.57. The van der Waals surface area contributed by atoms with E-state index in [9.17, 15) is 4.79 Å². The number of nitrogens with one attached hydrogen (secondary N) is 1. The maximum Gasteiger partial charge on any atom is 0.271 e. The number of thioether (sulfide) groups is 1. The van der Waals surface area contributed by atoms with Gasteiger partial charge in [-0.15, -0.1) is 11.8 Å². The summed E-state index contributed by atoms with van der Waals surface area (Å²) in [6.07, 6.45) is 3.43. The van der Waals surface area contributed by atoms with Crippen molar-refractivity contribution in [1.82, 2.24) is 10.4 Å². The largest absolute Gasteiger partial charge is 0.271 e. The van der Waals surface area contributed by atoms with E-state index >= 15 is 0 Å². The number of nitrogens with zero attached hydrogens (tertiary/aromatic N) is 2. The number of halogens is 1. The van der Waals surface area contributed by atoms with Crippen molar-refractivity contribution in [3.8, 4) is 0 Å². The number of hydrazone groups is 1. The minimum atomic E-state index is -0.240. The number of fused-ring (bicyclic) bond motifs is 1. The number of carbonyl (C=O) groups is 1. The van der Waals surface area contributed by atoms with Gasteiger partial charge in [-0.05, 0) is 35.9 Å². The van der Waals surface area contributed by atoms with Gasteiger partial charge in [0, 0.05) is 37.8 Å². The van der Waals surface area contributed by atoms with Gasteiger partial charge in [-0.3, -0.25) is 9.78 Å². The van der Waals surface area contributed by atoms with Crippen LogP contribution in [0.2, 0.25) is 0 Å². The Balaban J connectivity index is 1.36. The third-order valence-corrected chi connectivity index (χ3v) is 6.32. The highest BCUT2D eigenvalue weighted by Gasteiger charge is 2.06. The second kappa shape index (κ2) is 9.69. The zero-order valence-corrected chi connectivity index (χ0v) is 18.4. The Morgan fingerprint density at radius 3 is 2.63 bits per heavy atom. The van der Waals surface area contributed by atoms with E-state index in [1.807, 2.05) is 66.9 Å². The molecule has 1 aromatic heterocycles. The van der Waals surface area contributed by atoms with Gasteiger partial charge in [-0.25, -0.2) is 5.43 Å². The van der Waals surface area contributed by atoms with Crippen LogP contribution in [0.1, 0.15) is 21.5 Å². The average Bonchev–Trinajstić information content (AvgIpc) is 2.79. The Bertz CT molecular complexity index is 1200. The van der Waals surface area contributed by atoms with Gasteiger partial charge in [0.15, 0.2) is 0 Å². The molecule has 0 aliphatic carbocycles. The van der Waals surface area contributed by atoms with E-state index in [2.05, 4.69) is 49.6 Å². The van der Waals surface area contributed by atoms with Crippen molar-refractivity contribution in [3.63, 3.8) is 0 Å². The molecule has 0 spiro atoms. The number of hydrogen-bond donors (Lipinski definition) is 1. The predicted molar refractivity (Wildman–Crippen MR) is 127 cm³/mol. The Morgan fingerprint density at radius 1 is 1.00 bits per heavy atom. The molecule has 1 N–H and O–H groups in total. The van der Waals surface area contributed by atoms with Gasteiger partial charge in [-0.2, -0.15) is 5.10 Å². The summed E-state index contributed by atoms with van der Waals surface area (Å²) in [6, 6.07) is 25.5. The lowest BCUT2D eigenvalue weighted by Gasteiger charge is -2.06. The second-order valence-corrected chi connectivity index (χ2v) is 8.41. The van der Waals surface area contributed by atoms with Crippen LogP contribution in [0.4, 0.5) is 0 Å². The highest BCUT2D eigenvalue weighted by Crippen LogP contribution is 2.28. The summed E-state index contributed by atoms with van der Waals surface area (Å²) in [5.41, 5.74) is 6.19. The molecule has 3 aromatic carbocycles. The predicted octanol–water partition coefficient (Wildman–Crippen LogP) is 6.05. The lowest BCUT2D eigenvalue weighted by atomic mass is 10.1. The molecule has 1 amide bonds. The molecule has 1 heterocycles. The molecule has 0 bridgehead atoms. The van der Waals surface area contributed by atoms with Crippen molar-refractivity contribution < 1.29 is 4.79 Å². The van der Waals surface area contributed by atoms with E-state index in [0.717, 1.165) is 37.2 Å². The number of benzene rings is 3. The number of rotatable bonds is 6. The summed E-state index contributed by atoms with van der Waals surface area (Å²) in [7, 11) is 0. The molecule has 4 rings (SSSR count).